The Morgan fingerprint density at radius 2 is 1.94 bits per heavy atom. The highest BCUT2D eigenvalue weighted by Gasteiger charge is 2.32. The lowest BCUT2D eigenvalue weighted by molar-refractivity contribution is 0.0559. The van der Waals surface area contributed by atoms with Gasteiger partial charge in [-0.1, -0.05) is 12.8 Å². The van der Waals surface area contributed by atoms with Gasteiger partial charge < -0.3 is 15.1 Å². The van der Waals surface area contributed by atoms with E-state index in [4.69, 9.17) is 5.11 Å². The fourth-order valence-corrected chi connectivity index (χ4v) is 2.67. The molecule has 3 nitrogen and oxygen atoms in total. The van der Waals surface area contributed by atoms with Gasteiger partial charge in [-0.2, -0.15) is 0 Å². The van der Waals surface area contributed by atoms with Gasteiger partial charge in [-0.25, -0.2) is 4.39 Å². The van der Waals surface area contributed by atoms with E-state index in [9.17, 15) is 9.50 Å². The Hall–Kier alpha value is -1.13. The van der Waals surface area contributed by atoms with Gasteiger partial charge in [0, 0.05) is 19.3 Å². The summed E-state index contributed by atoms with van der Waals surface area (Å²) in [5, 5.41) is 19.4. The third-order valence-corrected chi connectivity index (χ3v) is 3.63. The Bertz CT molecular complexity index is 416. The van der Waals surface area contributed by atoms with Crippen LogP contribution in [0.5, 0.6) is 0 Å². The van der Waals surface area contributed by atoms with Gasteiger partial charge in [-0.3, -0.25) is 0 Å². The molecule has 0 spiro atoms. The summed E-state index contributed by atoms with van der Waals surface area (Å²) in [4.78, 5) is 1.85. The molecule has 1 aliphatic rings. The second kappa shape index (κ2) is 5.24. The summed E-state index contributed by atoms with van der Waals surface area (Å²) >= 11 is 0. The van der Waals surface area contributed by atoms with Crippen molar-refractivity contribution in [1.82, 2.24) is 0 Å². The number of aliphatic hydroxyl groups is 2. The number of halogens is 1. The molecule has 0 aromatic heterocycles. The summed E-state index contributed by atoms with van der Waals surface area (Å²) in [6.45, 7) is 0.324. The van der Waals surface area contributed by atoms with E-state index in [-0.39, 0.29) is 12.4 Å². The van der Waals surface area contributed by atoms with E-state index in [1.807, 2.05) is 11.9 Å². The molecule has 1 saturated carbocycles. The molecule has 4 heteroatoms. The monoisotopic (exact) mass is 253 g/mol. The zero-order chi connectivity index (χ0) is 13.2. The van der Waals surface area contributed by atoms with E-state index in [1.54, 1.807) is 6.07 Å². The number of aliphatic hydroxyl groups excluding tert-OH is 1. The van der Waals surface area contributed by atoms with Crippen molar-refractivity contribution in [3.63, 3.8) is 0 Å². The van der Waals surface area contributed by atoms with Crippen LogP contribution in [-0.2, 0) is 6.61 Å². The Balaban J connectivity index is 2.12. The Morgan fingerprint density at radius 3 is 2.56 bits per heavy atom. The molecule has 0 atom stereocenters. The minimum Gasteiger partial charge on any atom is -0.392 e. The van der Waals surface area contributed by atoms with Gasteiger partial charge >= 0.3 is 0 Å². The average Bonchev–Trinajstić information content (AvgIpc) is 2.74. The lowest BCUT2D eigenvalue weighted by Crippen LogP contribution is -2.39. The minimum absolute atomic E-state index is 0.178. The normalized spacial score (nSPS) is 18.0. The Morgan fingerprint density at radius 1 is 1.28 bits per heavy atom. The van der Waals surface area contributed by atoms with Crippen LogP contribution in [0.2, 0.25) is 0 Å². The van der Waals surface area contributed by atoms with Crippen LogP contribution >= 0.6 is 0 Å². The third-order valence-electron chi connectivity index (χ3n) is 3.63. The summed E-state index contributed by atoms with van der Waals surface area (Å²) in [7, 11) is 1.84. The van der Waals surface area contributed by atoms with E-state index in [0.29, 0.717) is 17.8 Å². The van der Waals surface area contributed by atoms with Gasteiger partial charge in [0.15, 0.2) is 0 Å². The maximum Gasteiger partial charge on any atom is 0.125 e. The summed E-state index contributed by atoms with van der Waals surface area (Å²) < 4.78 is 13.4. The largest absolute Gasteiger partial charge is 0.392 e. The Labute approximate surface area is 107 Å². The van der Waals surface area contributed by atoms with Crippen LogP contribution in [0.4, 0.5) is 10.1 Å². The first-order chi connectivity index (χ1) is 8.52. The molecule has 1 aromatic rings. The van der Waals surface area contributed by atoms with E-state index < -0.39 is 5.60 Å². The number of benzene rings is 1. The van der Waals surface area contributed by atoms with Crippen LogP contribution in [0.15, 0.2) is 18.2 Å². The molecular formula is C14H20FNO2. The molecule has 18 heavy (non-hydrogen) atoms. The molecule has 0 unspecified atom stereocenters. The van der Waals surface area contributed by atoms with Crippen molar-refractivity contribution in [3.8, 4) is 0 Å². The first kappa shape index (κ1) is 13.3. The quantitative estimate of drug-likeness (QED) is 0.863. The lowest BCUT2D eigenvalue weighted by atomic mass is 10.0. The summed E-state index contributed by atoms with van der Waals surface area (Å²) in [6.07, 6.45) is 3.71. The van der Waals surface area contributed by atoms with Crippen molar-refractivity contribution < 1.29 is 14.6 Å². The predicted molar refractivity (Wildman–Crippen MR) is 69.0 cm³/mol. The SMILES string of the molecule is CN(CC1(O)CCCC1)c1cc(F)cc(CO)c1. The van der Waals surface area contributed by atoms with E-state index in [0.717, 1.165) is 25.7 Å². The third kappa shape index (κ3) is 3.00. The molecule has 1 aromatic carbocycles. The highest BCUT2D eigenvalue weighted by atomic mass is 19.1. The number of hydrogen-bond acceptors (Lipinski definition) is 3. The van der Waals surface area contributed by atoms with E-state index in [2.05, 4.69) is 0 Å². The van der Waals surface area contributed by atoms with Crippen molar-refractivity contribution >= 4 is 5.69 Å². The Kier molecular flexibility index (Phi) is 3.88. The minimum atomic E-state index is -0.652. The van der Waals surface area contributed by atoms with Gasteiger partial charge in [-0.05, 0) is 36.6 Å². The molecule has 1 fully saturated rings. The van der Waals surface area contributed by atoms with Crippen LogP contribution in [-0.4, -0.2) is 29.4 Å². The topological polar surface area (TPSA) is 43.7 Å². The van der Waals surface area contributed by atoms with Crippen molar-refractivity contribution in [2.75, 3.05) is 18.5 Å². The second-order valence-corrected chi connectivity index (χ2v) is 5.26. The molecule has 0 heterocycles. The molecule has 0 amide bonds. The molecule has 2 N–H and O–H groups in total. The number of nitrogens with zero attached hydrogens (tertiary/aromatic N) is 1. The number of anilines is 1. The highest BCUT2D eigenvalue weighted by Crippen LogP contribution is 2.31. The van der Waals surface area contributed by atoms with Crippen molar-refractivity contribution in [1.29, 1.82) is 0 Å². The smallest absolute Gasteiger partial charge is 0.125 e. The maximum atomic E-state index is 13.4. The summed E-state index contributed by atoms with van der Waals surface area (Å²) in [5.74, 6) is -0.359. The van der Waals surface area contributed by atoms with Gasteiger partial charge in [0.05, 0.1) is 12.2 Å². The average molecular weight is 253 g/mol. The molecular weight excluding hydrogens is 233 g/mol. The number of likely N-dealkylation sites (N-methyl/N-ethyl adjacent to an activating group) is 1. The summed E-state index contributed by atoms with van der Waals surface area (Å²) in [5.41, 5.74) is 0.593. The first-order valence-electron chi connectivity index (χ1n) is 6.36. The van der Waals surface area contributed by atoms with Gasteiger partial charge in [0.25, 0.3) is 0 Å². The first-order valence-corrected chi connectivity index (χ1v) is 6.36. The predicted octanol–water partition coefficient (Wildman–Crippen LogP) is 2.06. The van der Waals surface area contributed by atoms with Gasteiger partial charge in [-0.15, -0.1) is 0 Å². The zero-order valence-electron chi connectivity index (χ0n) is 10.7. The number of rotatable bonds is 4. The lowest BCUT2D eigenvalue weighted by Gasteiger charge is -2.30. The van der Waals surface area contributed by atoms with Crippen LogP contribution in [0.1, 0.15) is 31.2 Å². The molecule has 0 saturated heterocycles. The van der Waals surface area contributed by atoms with Crippen LogP contribution in [0.25, 0.3) is 0 Å². The molecule has 0 radical (unpaired) electrons. The fraction of sp³-hybridized carbons (Fsp3) is 0.571. The fourth-order valence-electron chi connectivity index (χ4n) is 2.67. The van der Waals surface area contributed by atoms with Crippen molar-refractivity contribution in [3.05, 3.63) is 29.6 Å². The molecule has 0 aliphatic heterocycles. The summed E-state index contributed by atoms with van der Waals surface area (Å²) in [6, 6.07) is 4.50. The van der Waals surface area contributed by atoms with Crippen LogP contribution in [0, 0.1) is 5.82 Å². The van der Waals surface area contributed by atoms with Gasteiger partial charge in [0.1, 0.15) is 5.82 Å². The standard InChI is InChI=1S/C14H20FNO2/c1-16(10-14(18)4-2-3-5-14)13-7-11(9-17)6-12(15)8-13/h6-8,17-18H,2-5,9-10H2,1H3. The van der Waals surface area contributed by atoms with Crippen LogP contribution < -0.4 is 4.90 Å². The zero-order valence-corrected chi connectivity index (χ0v) is 10.7. The van der Waals surface area contributed by atoms with Crippen molar-refractivity contribution in [2.45, 2.75) is 37.9 Å². The molecule has 0 bridgehead atoms. The van der Waals surface area contributed by atoms with E-state index in [1.165, 1.54) is 12.1 Å². The second-order valence-electron chi connectivity index (χ2n) is 5.26. The highest BCUT2D eigenvalue weighted by molar-refractivity contribution is 5.48. The van der Waals surface area contributed by atoms with E-state index >= 15 is 0 Å². The van der Waals surface area contributed by atoms with Crippen LogP contribution in [0.3, 0.4) is 0 Å². The molecule has 100 valence electrons. The number of hydrogen-bond donors (Lipinski definition) is 2. The molecule has 1 aliphatic carbocycles. The van der Waals surface area contributed by atoms with Gasteiger partial charge in [0.2, 0.25) is 0 Å². The maximum absolute atomic E-state index is 13.4. The molecule has 2 rings (SSSR count). The van der Waals surface area contributed by atoms with Crippen molar-refractivity contribution in [2.24, 2.45) is 0 Å².